The molecule has 5 aromatic carbocycles. The number of benzene rings is 5. The number of aromatic nitrogens is 5. The summed E-state index contributed by atoms with van der Waals surface area (Å²) >= 11 is 0. The highest BCUT2D eigenvalue weighted by Crippen LogP contribution is 2.37. The van der Waals surface area contributed by atoms with Crippen molar-refractivity contribution in [3.63, 3.8) is 0 Å². The third-order valence-corrected chi connectivity index (χ3v) is 7.92. The van der Waals surface area contributed by atoms with Crippen molar-refractivity contribution < 1.29 is 4.42 Å². The normalized spacial score (nSPS) is 11.8. The van der Waals surface area contributed by atoms with E-state index >= 15 is 0 Å². The van der Waals surface area contributed by atoms with E-state index in [0.717, 1.165) is 54.7 Å². The summed E-state index contributed by atoms with van der Waals surface area (Å²) < 4.78 is 8.30. The van der Waals surface area contributed by atoms with E-state index in [0.29, 0.717) is 23.2 Å². The third kappa shape index (κ3) is 3.39. The molecule has 0 saturated heterocycles. The van der Waals surface area contributed by atoms with E-state index in [-0.39, 0.29) is 0 Å². The molecule has 0 amide bonds. The van der Waals surface area contributed by atoms with Crippen LogP contribution in [0.25, 0.3) is 83.2 Å². The summed E-state index contributed by atoms with van der Waals surface area (Å²) in [6, 6.07) is 39.4. The maximum absolute atomic E-state index is 6.15. The topological polar surface area (TPSA) is 69.6 Å². The lowest BCUT2D eigenvalue weighted by Gasteiger charge is -2.11. The number of nitrogens with zero attached hydrogens (tertiary/aromatic N) is 5. The number of hydrogen-bond acceptors (Lipinski definition) is 5. The molecule has 6 heteroatoms. The Bertz CT molecular complexity index is 2480. The van der Waals surface area contributed by atoms with Gasteiger partial charge in [-0.1, -0.05) is 91.0 Å². The Balaban J connectivity index is 1.40. The molecule has 0 radical (unpaired) electrons. The maximum Gasteiger partial charge on any atom is 0.238 e. The molecule has 0 fully saturated rings. The zero-order chi connectivity index (χ0) is 27.6. The molecule has 4 heterocycles. The van der Waals surface area contributed by atoms with Crippen LogP contribution in [0.3, 0.4) is 0 Å². The van der Waals surface area contributed by atoms with Crippen LogP contribution < -0.4 is 0 Å². The van der Waals surface area contributed by atoms with E-state index in [9.17, 15) is 0 Å². The Kier molecular flexibility index (Phi) is 4.80. The summed E-state index contributed by atoms with van der Waals surface area (Å²) in [4.78, 5) is 19.8. The van der Waals surface area contributed by atoms with E-state index < -0.39 is 0 Å². The van der Waals surface area contributed by atoms with Crippen LogP contribution in [0.4, 0.5) is 0 Å². The SMILES string of the molecule is c1ccc(-c2nc(-c3cncc4oc5ccccc5c34)nc(-n3c4ccccc4c4cc5ccccc5cc43)n2)cc1. The van der Waals surface area contributed by atoms with E-state index in [1.807, 2.05) is 54.7 Å². The Hall–Kier alpha value is -5.88. The lowest BCUT2D eigenvalue weighted by atomic mass is 10.1. The minimum absolute atomic E-state index is 0.537. The monoisotopic (exact) mass is 539 g/mol. The fourth-order valence-corrected chi connectivity index (χ4v) is 6.02. The molecular weight excluding hydrogens is 518 g/mol. The minimum Gasteiger partial charge on any atom is -0.454 e. The predicted molar refractivity (Wildman–Crippen MR) is 168 cm³/mol. The number of furan rings is 1. The summed E-state index contributed by atoms with van der Waals surface area (Å²) in [5.74, 6) is 1.67. The fourth-order valence-electron chi connectivity index (χ4n) is 6.02. The summed E-state index contributed by atoms with van der Waals surface area (Å²) in [6.07, 6.45) is 3.56. The van der Waals surface area contributed by atoms with Crippen LogP contribution in [0.5, 0.6) is 0 Å². The highest BCUT2D eigenvalue weighted by atomic mass is 16.3. The lowest BCUT2D eigenvalue weighted by molar-refractivity contribution is 0.667. The van der Waals surface area contributed by atoms with Crippen molar-refractivity contribution in [3.8, 4) is 28.7 Å². The van der Waals surface area contributed by atoms with E-state index in [4.69, 9.17) is 19.4 Å². The van der Waals surface area contributed by atoms with Gasteiger partial charge in [0, 0.05) is 38.9 Å². The molecule has 0 aliphatic heterocycles. The summed E-state index contributed by atoms with van der Waals surface area (Å²) in [7, 11) is 0. The highest BCUT2D eigenvalue weighted by Gasteiger charge is 2.20. The van der Waals surface area contributed by atoms with Crippen molar-refractivity contribution in [1.29, 1.82) is 0 Å². The Morgan fingerprint density at radius 1 is 0.524 bits per heavy atom. The van der Waals surface area contributed by atoms with E-state index in [1.54, 1.807) is 6.20 Å². The second-order valence-corrected chi connectivity index (χ2v) is 10.4. The van der Waals surface area contributed by atoms with Gasteiger partial charge in [-0.15, -0.1) is 0 Å². The lowest BCUT2D eigenvalue weighted by Crippen LogP contribution is -2.06. The van der Waals surface area contributed by atoms with Gasteiger partial charge in [0.2, 0.25) is 5.95 Å². The Labute approximate surface area is 239 Å². The van der Waals surface area contributed by atoms with Crippen LogP contribution in [-0.2, 0) is 0 Å². The van der Waals surface area contributed by atoms with Crippen LogP contribution in [-0.4, -0.2) is 24.5 Å². The van der Waals surface area contributed by atoms with E-state index in [1.165, 1.54) is 5.39 Å². The van der Waals surface area contributed by atoms with Gasteiger partial charge in [0.15, 0.2) is 17.2 Å². The van der Waals surface area contributed by atoms with Gasteiger partial charge < -0.3 is 4.42 Å². The minimum atomic E-state index is 0.537. The van der Waals surface area contributed by atoms with Gasteiger partial charge in [-0.2, -0.15) is 9.97 Å². The number of fused-ring (bicyclic) bond motifs is 7. The molecule has 9 rings (SSSR count). The molecule has 0 saturated carbocycles. The Morgan fingerprint density at radius 3 is 2.12 bits per heavy atom. The van der Waals surface area contributed by atoms with Gasteiger partial charge in [-0.3, -0.25) is 9.55 Å². The standard InChI is InChI=1S/C36H21N5O/c1-2-10-22(11-3-1)34-38-35(28-20-37-21-32-33(28)26-15-7-9-17-31(26)42-32)40-36(39-34)41-29-16-8-6-14-25(29)27-18-23-12-4-5-13-24(23)19-30(27)41/h1-21H. The van der Waals surface area contributed by atoms with Gasteiger partial charge in [0.1, 0.15) is 5.58 Å². The quantitative estimate of drug-likeness (QED) is 0.224. The molecular formula is C36H21N5O. The number of rotatable bonds is 3. The number of hydrogen-bond donors (Lipinski definition) is 0. The van der Waals surface area contributed by atoms with Gasteiger partial charge in [-0.05, 0) is 35.0 Å². The van der Waals surface area contributed by atoms with Crippen molar-refractivity contribution in [2.75, 3.05) is 0 Å². The first-order valence-corrected chi connectivity index (χ1v) is 13.8. The smallest absolute Gasteiger partial charge is 0.238 e. The third-order valence-electron chi connectivity index (χ3n) is 7.92. The largest absolute Gasteiger partial charge is 0.454 e. The summed E-state index contributed by atoms with van der Waals surface area (Å²) in [5, 5.41) is 6.58. The molecule has 0 aliphatic carbocycles. The van der Waals surface area contributed by atoms with Crippen molar-refractivity contribution in [3.05, 3.63) is 128 Å². The first-order chi connectivity index (χ1) is 20.8. The molecule has 0 spiro atoms. The fraction of sp³-hybridized carbons (Fsp3) is 0. The summed E-state index contributed by atoms with van der Waals surface area (Å²) in [6.45, 7) is 0. The zero-order valence-electron chi connectivity index (χ0n) is 22.3. The highest BCUT2D eigenvalue weighted by molar-refractivity contribution is 6.14. The average molecular weight is 540 g/mol. The van der Waals surface area contributed by atoms with Gasteiger partial charge >= 0.3 is 0 Å². The molecule has 196 valence electrons. The van der Waals surface area contributed by atoms with Crippen LogP contribution in [0.1, 0.15) is 0 Å². The van der Waals surface area contributed by atoms with Crippen molar-refractivity contribution >= 4 is 54.5 Å². The van der Waals surface area contributed by atoms with Crippen molar-refractivity contribution in [2.45, 2.75) is 0 Å². The number of para-hydroxylation sites is 2. The zero-order valence-corrected chi connectivity index (χ0v) is 22.3. The molecule has 0 atom stereocenters. The first kappa shape index (κ1) is 22.9. The van der Waals surface area contributed by atoms with Crippen LogP contribution in [0.15, 0.2) is 132 Å². The number of pyridine rings is 1. The molecule has 4 aromatic heterocycles. The molecule has 6 nitrogen and oxygen atoms in total. The second kappa shape index (κ2) is 8.81. The van der Waals surface area contributed by atoms with Gasteiger partial charge in [0.05, 0.1) is 17.2 Å². The molecule has 0 bridgehead atoms. The van der Waals surface area contributed by atoms with Crippen molar-refractivity contribution in [1.82, 2.24) is 24.5 Å². The molecule has 0 N–H and O–H groups in total. The second-order valence-electron chi connectivity index (χ2n) is 10.4. The van der Waals surface area contributed by atoms with Gasteiger partial charge in [-0.25, -0.2) is 4.98 Å². The molecule has 9 aromatic rings. The molecule has 0 aliphatic rings. The Morgan fingerprint density at radius 2 is 1.24 bits per heavy atom. The predicted octanol–water partition coefficient (Wildman–Crippen LogP) is 8.75. The van der Waals surface area contributed by atoms with Crippen LogP contribution in [0.2, 0.25) is 0 Å². The molecule has 0 unspecified atom stereocenters. The average Bonchev–Trinajstić information content (AvgIpc) is 3.59. The van der Waals surface area contributed by atoms with E-state index in [2.05, 4.69) is 76.3 Å². The maximum atomic E-state index is 6.15. The summed E-state index contributed by atoms with van der Waals surface area (Å²) in [5.41, 5.74) is 5.27. The molecule has 42 heavy (non-hydrogen) atoms. The van der Waals surface area contributed by atoms with Crippen LogP contribution >= 0.6 is 0 Å². The first-order valence-electron chi connectivity index (χ1n) is 13.8. The van der Waals surface area contributed by atoms with Gasteiger partial charge in [0.25, 0.3) is 0 Å². The van der Waals surface area contributed by atoms with Crippen LogP contribution in [0, 0.1) is 0 Å². The van der Waals surface area contributed by atoms with Crippen molar-refractivity contribution in [2.24, 2.45) is 0 Å².